The van der Waals surface area contributed by atoms with Crippen LogP contribution in [0.3, 0.4) is 0 Å². The van der Waals surface area contributed by atoms with Gasteiger partial charge in [-0.15, -0.1) is 0 Å². The van der Waals surface area contributed by atoms with Gasteiger partial charge in [0.25, 0.3) is 0 Å². The summed E-state index contributed by atoms with van der Waals surface area (Å²) in [7, 11) is 0. The fraction of sp³-hybridized carbons (Fsp3) is 0.632. The van der Waals surface area contributed by atoms with Gasteiger partial charge in [-0.2, -0.15) is 0 Å². The second-order valence-corrected chi connectivity index (χ2v) is 7.45. The Kier molecular flexibility index (Phi) is 6.39. The summed E-state index contributed by atoms with van der Waals surface area (Å²) in [4.78, 5) is 30.8. The predicted octanol–water partition coefficient (Wildman–Crippen LogP) is 3.48. The molecule has 6 heteroatoms. The second-order valence-electron chi connectivity index (χ2n) is 7.45. The van der Waals surface area contributed by atoms with Crippen LogP contribution in [-0.4, -0.2) is 42.1 Å². The molecule has 1 aromatic heterocycles. The summed E-state index contributed by atoms with van der Waals surface area (Å²) >= 11 is 0. The molecule has 1 saturated heterocycles. The first-order valence-electron chi connectivity index (χ1n) is 8.99. The van der Waals surface area contributed by atoms with Crippen molar-refractivity contribution in [2.45, 2.75) is 59.0 Å². The van der Waals surface area contributed by atoms with E-state index in [1.807, 2.05) is 39.8 Å². The van der Waals surface area contributed by atoms with Crippen LogP contribution in [0, 0.1) is 6.92 Å². The number of alkyl carbamates (subject to hydrolysis) is 1. The van der Waals surface area contributed by atoms with Gasteiger partial charge in [0.1, 0.15) is 11.4 Å². The standard InChI is InChI=1S/C19H29N3O3/c1-14-15(9-10-17(21-14)22-12-5-6-13-22)16(23)8-7-11-20-18(24)25-19(2,3)4/h9-10H,5-8,11-13H2,1-4H3,(H,20,24). The average molecular weight is 347 g/mol. The summed E-state index contributed by atoms with van der Waals surface area (Å²) in [5.41, 5.74) is 0.925. The lowest BCUT2D eigenvalue weighted by molar-refractivity contribution is 0.0525. The zero-order valence-electron chi connectivity index (χ0n) is 15.7. The third-order valence-corrected chi connectivity index (χ3v) is 4.05. The summed E-state index contributed by atoms with van der Waals surface area (Å²) < 4.78 is 5.16. The van der Waals surface area contributed by atoms with Crippen LogP contribution in [0.4, 0.5) is 10.6 Å². The molecule has 0 saturated carbocycles. The van der Waals surface area contributed by atoms with Crippen molar-refractivity contribution in [1.29, 1.82) is 0 Å². The summed E-state index contributed by atoms with van der Waals surface area (Å²) in [6, 6.07) is 3.81. The number of carbonyl (C=O) groups is 2. The third kappa shape index (κ3) is 6.03. The molecule has 1 amide bonds. The number of hydrogen-bond donors (Lipinski definition) is 1. The highest BCUT2D eigenvalue weighted by molar-refractivity contribution is 5.97. The molecular formula is C19H29N3O3. The lowest BCUT2D eigenvalue weighted by Gasteiger charge is -2.19. The van der Waals surface area contributed by atoms with Crippen molar-refractivity contribution in [1.82, 2.24) is 10.3 Å². The molecule has 0 bridgehead atoms. The monoisotopic (exact) mass is 347 g/mol. The third-order valence-electron chi connectivity index (χ3n) is 4.05. The Labute approximate surface area is 150 Å². The van der Waals surface area contributed by atoms with Crippen LogP contribution in [0.15, 0.2) is 12.1 Å². The van der Waals surface area contributed by atoms with Gasteiger partial charge in [0.05, 0.1) is 5.69 Å². The minimum atomic E-state index is -0.514. The zero-order chi connectivity index (χ0) is 18.4. The van der Waals surface area contributed by atoms with E-state index in [1.54, 1.807) is 0 Å². The Balaban J connectivity index is 1.80. The number of aromatic nitrogens is 1. The maximum Gasteiger partial charge on any atom is 0.407 e. The molecular weight excluding hydrogens is 318 g/mol. The largest absolute Gasteiger partial charge is 0.444 e. The van der Waals surface area contributed by atoms with Gasteiger partial charge in [-0.05, 0) is 59.1 Å². The van der Waals surface area contributed by atoms with Crippen LogP contribution in [0.5, 0.6) is 0 Å². The van der Waals surface area contributed by atoms with E-state index in [0.29, 0.717) is 24.9 Å². The Bertz CT molecular complexity index is 617. The Morgan fingerprint density at radius 3 is 2.52 bits per heavy atom. The van der Waals surface area contributed by atoms with Crippen molar-refractivity contribution >= 4 is 17.7 Å². The van der Waals surface area contributed by atoms with Gasteiger partial charge in [0.2, 0.25) is 0 Å². The normalized spacial score (nSPS) is 14.5. The number of rotatable bonds is 6. The van der Waals surface area contributed by atoms with Crippen LogP contribution >= 0.6 is 0 Å². The Morgan fingerprint density at radius 2 is 1.92 bits per heavy atom. The summed E-state index contributed by atoms with van der Waals surface area (Å²) in [5, 5.41) is 2.67. The number of anilines is 1. The topological polar surface area (TPSA) is 71.5 Å². The fourth-order valence-corrected chi connectivity index (χ4v) is 2.85. The van der Waals surface area contributed by atoms with E-state index in [2.05, 4.69) is 15.2 Å². The number of nitrogens with one attached hydrogen (secondary N) is 1. The van der Waals surface area contributed by atoms with Gasteiger partial charge in [-0.3, -0.25) is 4.79 Å². The second kappa shape index (κ2) is 8.32. The molecule has 0 aliphatic carbocycles. The highest BCUT2D eigenvalue weighted by Gasteiger charge is 2.17. The van der Waals surface area contributed by atoms with E-state index in [1.165, 1.54) is 12.8 Å². The molecule has 1 aromatic rings. The van der Waals surface area contributed by atoms with Crippen LogP contribution in [-0.2, 0) is 4.74 Å². The summed E-state index contributed by atoms with van der Waals surface area (Å²) in [5.74, 6) is 1.02. The SMILES string of the molecule is Cc1nc(N2CCCC2)ccc1C(=O)CCCNC(=O)OC(C)(C)C. The van der Waals surface area contributed by atoms with Crippen LogP contribution in [0.25, 0.3) is 0 Å². The van der Waals surface area contributed by atoms with E-state index in [9.17, 15) is 9.59 Å². The van der Waals surface area contributed by atoms with Crippen molar-refractivity contribution in [3.8, 4) is 0 Å². The minimum Gasteiger partial charge on any atom is -0.444 e. The smallest absolute Gasteiger partial charge is 0.407 e. The van der Waals surface area contributed by atoms with Gasteiger partial charge < -0.3 is 15.0 Å². The van der Waals surface area contributed by atoms with E-state index in [-0.39, 0.29) is 5.78 Å². The first-order valence-corrected chi connectivity index (χ1v) is 8.99. The number of aryl methyl sites for hydroxylation is 1. The van der Waals surface area contributed by atoms with E-state index in [0.717, 1.165) is 24.6 Å². The van der Waals surface area contributed by atoms with E-state index >= 15 is 0 Å². The van der Waals surface area contributed by atoms with Crippen molar-refractivity contribution in [2.75, 3.05) is 24.5 Å². The number of amides is 1. The molecule has 1 aliphatic heterocycles. The van der Waals surface area contributed by atoms with Crippen LogP contribution in [0.2, 0.25) is 0 Å². The molecule has 0 unspecified atom stereocenters. The molecule has 1 aliphatic rings. The number of pyridine rings is 1. The first kappa shape index (κ1) is 19.2. The molecule has 25 heavy (non-hydrogen) atoms. The number of nitrogens with zero attached hydrogens (tertiary/aromatic N) is 2. The molecule has 1 N–H and O–H groups in total. The van der Waals surface area contributed by atoms with Crippen LogP contribution < -0.4 is 10.2 Å². The van der Waals surface area contributed by atoms with Gasteiger partial charge in [0.15, 0.2) is 5.78 Å². The van der Waals surface area contributed by atoms with Crippen LogP contribution in [0.1, 0.15) is 62.5 Å². The highest BCUT2D eigenvalue weighted by atomic mass is 16.6. The highest BCUT2D eigenvalue weighted by Crippen LogP contribution is 2.20. The van der Waals surface area contributed by atoms with Crippen molar-refractivity contribution in [3.63, 3.8) is 0 Å². The fourth-order valence-electron chi connectivity index (χ4n) is 2.85. The molecule has 6 nitrogen and oxygen atoms in total. The number of carbonyl (C=O) groups excluding carboxylic acids is 2. The summed E-state index contributed by atoms with van der Waals surface area (Å²) in [6.07, 6.45) is 2.90. The van der Waals surface area contributed by atoms with Gasteiger partial charge in [0, 0.05) is 31.6 Å². The lowest BCUT2D eigenvalue weighted by atomic mass is 10.1. The van der Waals surface area contributed by atoms with Gasteiger partial charge >= 0.3 is 6.09 Å². The van der Waals surface area contributed by atoms with Gasteiger partial charge in [-0.1, -0.05) is 0 Å². The quantitative estimate of drug-likeness (QED) is 0.630. The maximum atomic E-state index is 12.4. The molecule has 1 fully saturated rings. The molecule has 0 spiro atoms. The minimum absolute atomic E-state index is 0.0592. The molecule has 2 rings (SSSR count). The lowest BCUT2D eigenvalue weighted by Crippen LogP contribution is -2.33. The van der Waals surface area contributed by atoms with Crippen molar-refractivity contribution in [3.05, 3.63) is 23.4 Å². The van der Waals surface area contributed by atoms with E-state index in [4.69, 9.17) is 4.74 Å². The Morgan fingerprint density at radius 1 is 1.24 bits per heavy atom. The molecule has 0 radical (unpaired) electrons. The number of hydrogen-bond acceptors (Lipinski definition) is 5. The summed E-state index contributed by atoms with van der Waals surface area (Å²) in [6.45, 7) is 9.82. The maximum absolute atomic E-state index is 12.4. The van der Waals surface area contributed by atoms with Crippen molar-refractivity contribution < 1.29 is 14.3 Å². The predicted molar refractivity (Wildman–Crippen MR) is 98.2 cm³/mol. The Hall–Kier alpha value is -2.11. The number of ketones is 1. The number of ether oxygens (including phenoxy) is 1. The van der Waals surface area contributed by atoms with Crippen molar-refractivity contribution in [2.24, 2.45) is 0 Å². The molecule has 0 aromatic carbocycles. The average Bonchev–Trinajstić information content (AvgIpc) is 3.04. The first-order chi connectivity index (χ1) is 11.8. The van der Waals surface area contributed by atoms with E-state index < -0.39 is 11.7 Å². The van der Waals surface area contributed by atoms with Gasteiger partial charge in [-0.25, -0.2) is 9.78 Å². The zero-order valence-corrected chi connectivity index (χ0v) is 15.7. The molecule has 0 atom stereocenters. The molecule has 138 valence electrons. The number of Topliss-reactive ketones (excluding diaryl/α,β-unsaturated/α-hetero) is 1. The molecule has 2 heterocycles.